The van der Waals surface area contributed by atoms with Gasteiger partial charge >= 0.3 is 0 Å². The molecule has 18 heavy (non-hydrogen) atoms. The molecule has 1 rings (SSSR count). The molecule has 5 nitrogen and oxygen atoms in total. The summed E-state index contributed by atoms with van der Waals surface area (Å²) in [6.07, 6.45) is 1.01. The second-order valence-corrected chi connectivity index (χ2v) is 5.23. The molecule has 1 aliphatic heterocycles. The first-order chi connectivity index (χ1) is 8.43. The first-order valence-electron chi connectivity index (χ1n) is 6.62. The highest BCUT2D eigenvalue weighted by Crippen LogP contribution is 2.09. The lowest BCUT2D eigenvalue weighted by molar-refractivity contribution is -0.148. The first-order valence-corrected chi connectivity index (χ1v) is 6.62. The zero-order valence-corrected chi connectivity index (χ0v) is 11.7. The van der Waals surface area contributed by atoms with Gasteiger partial charge in [-0.05, 0) is 26.2 Å². The number of rotatable bonds is 6. The molecule has 0 aliphatic carbocycles. The van der Waals surface area contributed by atoms with E-state index in [1.165, 1.54) is 0 Å². The van der Waals surface area contributed by atoms with Gasteiger partial charge in [0, 0.05) is 13.2 Å². The highest BCUT2D eigenvalue weighted by molar-refractivity contribution is 5.96. The van der Waals surface area contributed by atoms with Crippen molar-refractivity contribution in [2.45, 2.75) is 46.2 Å². The molecule has 1 heterocycles. The van der Waals surface area contributed by atoms with E-state index in [9.17, 15) is 9.59 Å². The smallest absolute Gasteiger partial charge is 0.245 e. The Morgan fingerprint density at radius 2 is 1.94 bits per heavy atom. The van der Waals surface area contributed by atoms with Crippen LogP contribution in [0.2, 0.25) is 0 Å². The standard InChI is InChI=1S/C13H24N2O3/c1-9(2)5-7-18-8-6-15-11(4)12(16)14-10(3)13(15)17/h9-11H,5-8H2,1-4H3,(H,14,16). The lowest BCUT2D eigenvalue weighted by Gasteiger charge is -2.36. The number of carbonyl (C=O) groups excluding carboxylic acids is 2. The number of hydrogen-bond donors (Lipinski definition) is 1. The third-order valence-corrected chi connectivity index (χ3v) is 3.18. The van der Waals surface area contributed by atoms with Gasteiger partial charge in [-0.3, -0.25) is 9.59 Å². The summed E-state index contributed by atoms with van der Waals surface area (Å²) in [5, 5.41) is 2.65. The van der Waals surface area contributed by atoms with Gasteiger partial charge in [-0.25, -0.2) is 0 Å². The summed E-state index contributed by atoms with van der Waals surface area (Å²) >= 11 is 0. The zero-order valence-electron chi connectivity index (χ0n) is 11.7. The fourth-order valence-corrected chi connectivity index (χ4v) is 1.86. The van der Waals surface area contributed by atoms with E-state index in [1.54, 1.807) is 18.7 Å². The van der Waals surface area contributed by atoms with E-state index >= 15 is 0 Å². The van der Waals surface area contributed by atoms with Crippen LogP contribution in [0.15, 0.2) is 0 Å². The lowest BCUT2D eigenvalue weighted by Crippen LogP contribution is -2.61. The van der Waals surface area contributed by atoms with E-state index in [1.807, 2.05) is 0 Å². The monoisotopic (exact) mass is 256 g/mol. The third kappa shape index (κ3) is 3.98. The molecule has 0 spiro atoms. The summed E-state index contributed by atoms with van der Waals surface area (Å²) < 4.78 is 5.49. The molecule has 0 aromatic carbocycles. The number of hydrogen-bond acceptors (Lipinski definition) is 3. The van der Waals surface area contributed by atoms with Gasteiger partial charge in [0.25, 0.3) is 0 Å². The normalized spacial score (nSPS) is 24.6. The summed E-state index contributed by atoms with van der Waals surface area (Å²) in [7, 11) is 0. The molecule has 5 heteroatoms. The van der Waals surface area contributed by atoms with Gasteiger partial charge in [0.2, 0.25) is 11.8 Å². The van der Waals surface area contributed by atoms with Gasteiger partial charge < -0.3 is 15.0 Å². The van der Waals surface area contributed by atoms with Crippen molar-refractivity contribution in [2.75, 3.05) is 19.8 Å². The largest absolute Gasteiger partial charge is 0.380 e. The molecule has 0 aromatic heterocycles. The predicted octanol–water partition coefficient (Wildman–Crippen LogP) is 0.785. The Hall–Kier alpha value is -1.10. The average Bonchev–Trinajstić information content (AvgIpc) is 2.30. The van der Waals surface area contributed by atoms with E-state index in [0.29, 0.717) is 25.7 Å². The van der Waals surface area contributed by atoms with E-state index in [0.717, 1.165) is 6.42 Å². The number of ether oxygens (including phenoxy) is 1. The van der Waals surface area contributed by atoms with Crippen LogP contribution in [0.3, 0.4) is 0 Å². The molecule has 0 bridgehead atoms. The third-order valence-electron chi connectivity index (χ3n) is 3.18. The van der Waals surface area contributed by atoms with E-state index < -0.39 is 12.1 Å². The Balaban J connectivity index is 2.34. The van der Waals surface area contributed by atoms with Gasteiger partial charge in [0.15, 0.2) is 0 Å². The summed E-state index contributed by atoms with van der Waals surface area (Å²) in [5.74, 6) is 0.491. The van der Waals surface area contributed by atoms with Crippen molar-refractivity contribution in [3.05, 3.63) is 0 Å². The maximum atomic E-state index is 11.9. The Labute approximate surface area is 109 Å². The van der Waals surface area contributed by atoms with Gasteiger partial charge in [0.05, 0.1) is 6.61 Å². The fourth-order valence-electron chi connectivity index (χ4n) is 1.86. The highest BCUT2D eigenvalue weighted by Gasteiger charge is 2.35. The molecule has 2 amide bonds. The van der Waals surface area contributed by atoms with Crippen molar-refractivity contribution in [3.63, 3.8) is 0 Å². The van der Waals surface area contributed by atoms with Gasteiger partial charge in [0.1, 0.15) is 12.1 Å². The van der Waals surface area contributed by atoms with Gasteiger partial charge in [-0.15, -0.1) is 0 Å². The number of nitrogens with one attached hydrogen (secondary N) is 1. The molecule has 1 N–H and O–H groups in total. The van der Waals surface area contributed by atoms with E-state index in [-0.39, 0.29) is 11.8 Å². The van der Waals surface area contributed by atoms with Crippen molar-refractivity contribution >= 4 is 11.8 Å². The number of nitrogens with zero attached hydrogens (tertiary/aromatic N) is 1. The number of amides is 2. The molecular formula is C13H24N2O3. The molecule has 1 saturated heterocycles. The van der Waals surface area contributed by atoms with Gasteiger partial charge in [-0.1, -0.05) is 13.8 Å². The zero-order chi connectivity index (χ0) is 13.7. The molecular weight excluding hydrogens is 232 g/mol. The summed E-state index contributed by atoms with van der Waals surface area (Å²) in [4.78, 5) is 25.1. The van der Waals surface area contributed by atoms with Crippen molar-refractivity contribution in [3.8, 4) is 0 Å². The van der Waals surface area contributed by atoms with Crippen molar-refractivity contribution in [1.29, 1.82) is 0 Å². The van der Waals surface area contributed by atoms with Crippen LogP contribution in [0.4, 0.5) is 0 Å². The minimum absolute atomic E-state index is 0.0328. The number of carbonyl (C=O) groups is 2. The summed E-state index contributed by atoms with van der Waals surface area (Å²) in [6.45, 7) is 9.41. The van der Waals surface area contributed by atoms with Crippen LogP contribution < -0.4 is 5.32 Å². The second-order valence-electron chi connectivity index (χ2n) is 5.23. The maximum absolute atomic E-state index is 11.9. The fraction of sp³-hybridized carbons (Fsp3) is 0.846. The van der Waals surface area contributed by atoms with Crippen LogP contribution in [0, 0.1) is 5.92 Å². The van der Waals surface area contributed by atoms with Gasteiger partial charge in [-0.2, -0.15) is 0 Å². The number of piperazine rings is 1. The topological polar surface area (TPSA) is 58.6 Å². The molecule has 1 fully saturated rings. The van der Waals surface area contributed by atoms with Crippen molar-refractivity contribution in [2.24, 2.45) is 5.92 Å². The summed E-state index contributed by atoms with van der Waals surface area (Å²) in [5.41, 5.74) is 0. The van der Waals surface area contributed by atoms with Crippen molar-refractivity contribution in [1.82, 2.24) is 10.2 Å². The van der Waals surface area contributed by atoms with E-state index in [2.05, 4.69) is 19.2 Å². The molecule has 104 valence electrons. The van der Waals surface area contributed by atoms with Crippen molar-refractivity contribution < 1.29 is 14.3 Å². The van der Waals surface area contributed by atoms with E-state index in [4.69, 9.17) is 4.74 Å². The molecule has 0 saturated carbocycles. The van der Waals surface area contributed by atoms with Crippen LogP contribution in [0.25, 0.3) is 0 Å². The van der Waals surface area contributed by atoms with Crippen LogP contribution in [-0.2, 0) is 14.3 Å². The Morgan fingerprint density at radius 1 is 1.28 bits per heavy atom. The Kier molecular flexibility index (Phi) is 5.59. The van der Waals surface area contributed by atoms with Crippen LogP contribution in [-0.4, -0.2) is 48.6 Å². The quantitative estimate of drug-likeness (QED) is 0.715. The van der Waals surface area contributed by atoms with Crippen LogP contribution >= 0.6 is 0 Å². The van der Waals surface area contributed by atoms with Crippen LogP contribution in [0.5, 0.6) is 0 Å². The Bertz CT molecular complexity index is 305. The second kappa shape index (κ2) is 6.73. The highest BCUT2D eigenvalue weighted by atomic mass is 16.5. The minimum atomic E-state index is -0.427. The average molecular weight is 256 g/mol. The van der Waals surface area contributed by atoms with Crippen LogP contribution in [0.1, 0.15) is 34.1 Å². The predicted molar refractivity (Wildman–Crippen MR) is 69.1 cm³/mol. The minimum Gasteiger partial charge on any atom is -0.380 e. The first kappa shape index (κ1) is 15.0. The summed E-state index contributed by atoms with van der Waals surface area (Å²) in [6, 6.07) is -0.827. The lowest BCUT2D eigenvalue weighted by atomic mass is 10.1. The Morgan fingerprint density at radius 3 is 2.56 bits per heavy atom. The molecule has 0 aromatic rings. The maximum Gasteiger partial charge on any atom is 0.245 e. The molecule has 2 unspecified atom stereocenters. The molecule has 0 radical (unpaired) electrons. The molecule has 1 aliphatic rings. The molecule has 2 atom stereocenters. The SMILES string of the molecule is CC(C)CCOCCN1C(=O)C(C)NC(=O)C1C.